The highest BCUT2D eigenvalue weighted by atomic mass is 35.5. The van der Waals surface area contributed by atoms with Crippen LogP contribution in [-0.2, 0) is 24.5 Å². The van der Waals surface area contributed by atoms with E-state index in [1.807, 2.05) is 0 Å². The number of piperidine rings is 1. The summed E-state index contributed by atoms with van der Waals surface area (Å²) in [4.78, 5) is 40.6. The van der Waals surface area contributed by atoms with Crippen LogP contribution in [0, 0.1) is 5.92 Å². The lowest BCUT2D eigenvalue weighted by Crippen LogP contribution is -2.48. The molecular formula is C21H28Cl2N2O4. The number of amides is 2. The number of esters is 1. The van der Waals surface area contributed by atoms with Crippen LogP contribution in [0.4, 0.5) is 0 Å². The highest BCUT2D eigenvalue weighted by Gasteiger charge is 2.35. The summed E-state index contributed by atoms with van der Waals surface area (Å²) >= 11 is 12.1. The van der Waals surface area contributed by atoms with E-state index in [0.717, 1.165) is 5.56 Å². The van der Waals surface area contributed by atoms with E-state index in [-0.39, 0.29) is 30.2 Å². The number of likely N-dealkylation sites (tertiary alicyclic amines) is 1. The van der Waals surface area contributed by atoms with Gasteiger partial charge in [0.2, 0.25) is 11.8 Å². The number of likely N-dealkylation sites (N-methyl/N-ethyl adjacent to an activating group) is 1. The van der Waals surface area contributed by atoms with Crippen molar-refractivity contribution in [2.24, 2.45) is 5.92 Å². The van der Waals surface area contributed by atoms with Gasteiger partial charge in [-0.3, -0.25) is 14.4 Å². The lowest BCUT2D eigenvalue weighted by atomic mass is 9.83. The summed E-state index contributed by atoms with van der Waals surface area (Å²) in [5, 5.41) is 0.807. The summed E-state index contributed by atoms with van der Waals surface area (Å²) in [5.74, 6) is -0.680. The normalized spacial score (nSPS) is 15.2. The Morgan fingerprint density at radius 3 is 2.34 bits per heavy atom. The molecule has 0 N–H and O–H groups in total. The SMILES string of the molecule is CCOC(=O)C1CCN(C(=O)CN(C)C(=O)C(C)(C)c2ccc(Cl)c(Cl)c2)CC1. The Bertz CT molecular complexity index is 774. The standard InChI is InChI=1S/C21H28Cl2N2O4/c1-5-29-19(27)14-8-10-25(11-9-14)18(26)13-24(4)20(28)21(2,3)15-6-7-16(22)17(23)12-15/h6-7,12,14H,5,8-11,13H2,1-4H3. The van der Waals surface area contributed by atoms with Gasteiger partial charge in [-0.15, -0.1) is 0 Å². The molecule has 1 heterocycles. The predicted molar refractivity (Wildman–Crippen MR) is 113 cm³/mol. The van der Waals surface area contributed by atoms with Crippen LogP contribution in [0.25, 0.3) is 0 Å². The maximum absolute atomic E-state index is 13.0. The molecule has 160 valence electrons. The molecule has 1 aromatic rings. The fraction of sp³-hybridized carbons (Fsp3) is 0.571. The Labute approximate surface area is 182 Å². The first kappa shape index (κ1) is 23.5. The zero-order chi connectivity index (χ0) is 21.8. The molecule has 0 aromatic heterocycles. The molecule has 0 aliphatic carbocycles. The first-order valence-corrected chi connectivity index (χ1v) is 10.5. The highest BCUT2D eigenvalue weighted by Crippen LogP contribution is 2.31. The second-order valence-corrected chi connectivity index (χ2v) is 8.64. The number of halogens is 2. The third-order valence-electron chi connectivity index (χ3n) is 5.36. The van der Waals surface area contributed by atoms with E-state index in [4.69, 9.17) is 27.9 Å². The second-order valence-electron chi connectivity index (χ2n) is 7.82. The van der Waals surface area contributed by atoms with E-state index in [9.17, 15) is 14.4 Å². The quantitative estimate of drug-likeness (QED) is 0.631. The molecule has 1 aliphatic rings. The predicted octanol–water partition coefficient (Wildman–Crippen LogP) is 3.53. The van der Waals surface area contributed by atoms with Gasteiger partial charge in [0.15, 0.2) is 0 Å². The minimum atomic E-state index is -0.861. The second kappa shape index (κ2) is 9.81. The lowest BCUT2D eigenvalue weighted by Gasteiger charge is -2.34. The van der Waals surface area contributed by atoms with Crippen molar-refractivity contribution < 1.29 is 19.1 Å². The topological polar surface area (TPSA) is 66.9 Å². The zero-order valence-electron chi connectivity index (χ0n) is 17.3. The summed E-state index contributed by atoms with van der Waals surface area (Å²) < 4.78 is 5.06. The van der Waals surface area contributed by atoms with Crippen LogP contribution in [-0.4, -0.2) is 60.9 Å². The molecule has 0 spiro atoms. The van der Waals surface area contributed by atoms with Crippen LogP contribution < -0.4 is 0 Å². The number of ether oxygens (including phenoxy) is 1. The van der Waals surface area contributed by atoms with Gasteiger partial charge in [0.05, 0.1) is 34.5 Å². The van der Waals surface area contributed by atoms with E-state index in [1.54, 1.807) is 50.9 Å². The van der Waals surface area contributed by atoms with Gasteiger partial charge in [0.1, 0.15) is 0 Å². The van der Waals surface area contributed by atoms with Crippen molar-refractivity contribution in [2.75, 3.05) is 33.3 Å². The number of hydrogen-bond acceptors (Lipinski definition) is 4. The summed E-state index contributed by atoms with van der Waals surface area (Å²) in [7, 11) is 1.62. The van der Waals surface area contributed by atoms with E-state index in [0.29, 0.717) is 42.6 Å². The average Bonchev–Trinajstić information content (AvgIpc) is 2.69. The Kier molecular flexibility index (Phi) is 7.94. The molecule has 0 saturated carbocycles. The van der Waals surface area contributed by atoms with Crippen LogP contribution in [0.15, 0.2) is 18.2 Å². The molecule has 1 aromatic carbocycles. The van der Waals surface area contributed by atoms with E-state index >= 15 is 0 Å². The average molecular weight is 443 g/mol. The van der Waals surface area contributed by atoms with Gasteiger partial charge in [-0.05, 0) is 51.3 Å². The fourth-order valence-electron chi connectivity index (χ4n) is 3.48. The largest absolute Gasteiger partial charge is 0.466 e. The molecule has 29 heavy (non-hydrogen) atoms. The van der Waals surface area contributed by atoms with Crippen LogP contribution in [0.2, 0.25) is 10.0 Å². The molecule has 1 saturated heterocycles. The molecule has 1 aliphatic heterocycles. The molecule has 0 radical (unpaired) electrons. The van der Waals surface area contributed by atoms with Gasteiger partial charge in [-0.2, -0.15) is 0 Å². The van der Waals surface area contributed by atoms with E-state index in [1.165, 1.54) is 4.90 Å². The van der Waals surface area contributed by atoms with Crippen molar-refractivity contribution in [2.45, 2.75) is 39.0 Å². The molecule has 0 unspecified atom stereocenters. The van der Waals surface area contributed by atoms with Crippen LogP contribution in [0.3, 0.4) is 0 Å². The maximum Gasteiger partial charge on any atom is 0.309 e. The molecule has 2 rings (SSSR count). The number of carbonyl (C=O) groups excluding carboxylic acids is 3. The minimum Gasteiger partial charge on any atom is -0.466 e. The molecule has 0 atom stereocenters. The smallest absolute Gasteiger partial charge is 0.309 e. The van der Waals surface area contributed by atoms with Crippen LogP contribution in [0.1, 0.15) is 39.2 Å². The molecule has 0 bridgehead atoms. The van der Waals surface area contributed by atoms with E-state index < -0.39 is 5.41 Å². The molecule has 8 heteroatoms. The molecule has 6 nitrogen and oxygen atoms in total. The van der Waals surface area contributed by atoms with Crippen LogP contribution in [0.5, 0.6) is 0 Å². The van der Waals surface area contributed by atoms with Crippen molar-refractivity contribution in [3.8, 4) is 0 Å². The van der Waals surface area contributed by atoms with Gasteiger partial charge in [-0.1, -0.05) is 29.3 Å². The molecular weight excluding hydrogens is 415 g/mol. The summed E-state index contributed by atoms with van der Waals surface area (Å²) in [6, 6.07) is 5.10. The Balaban J connectivity index is 1.96. The van der Waals surface area contributed by atoms with Crippen molar-refractivity contribution in [3.05, 3.63) is 33.8 Å². The first-order chi connectivity index (χ1) is 13.6. The number of benzene rings is 1. The lowest BCUT2D eigenvalue weighted by molar-refractivity contribution is -0.151. The van der Waals surface area contributed by atoms with E-state index in [2.05, 4.69) is 0 Å². The number of carbonyl (C=O) groups is 3. The third-order valence-corrected chi connectivity index (χ3v) is 6.10. The van der Waals surface area contributed by atoms with Gasteiger partial charge >= 0.3 is 5.97 Å². The van der Waals surface area contributed by atoms with Crippen molar-refractivity contribution in [1.82, 2.24) is 9.80 Å². The fourth-order valence-corrected chi connectivity index (χ4v) is 3.78. The van der Waals surface area contributed by atoms with Crippen molar-refractivity contribution in [3.63, 3.8) is 0 Å². The zero-order valence-corrected chi connectivity index (χ0v) is 18.8. The van der Waals surface area contributed by atoms with Gasteiger partial charge in [0, 0.05) is 20.1 Å². The Hall–Kier alpha value is -1.79. The minimum absolute atomic E-state index is 0.0202. The Morgan fingerprint density at radius 1 is 1.17 bits per heavy atom. The molecule has 1 fully saturated rings. The number of nitrogens with zero attached hydrogens (tertiary/aromatic N) is 2. The maximum atomic E-state index is 13.0. The highest BCUT2D eigenvalue weighted by molar-refractivity contribution is 6.42. The van der Waals surface area contributed by atoms with Gasteiger partial charge in [0.25, 0.3) is 0 Å². The Morgan fingerprint density at radius 2 is 1.79 bits per heavy atom. The van der Waals surface area contributed by atoms with Gasteiger partial charge < -0.3 is 14.5 Å². The van der Waals surface area contributed by atoms with Crippen molar-refractivity contribution >= 4 is 41.0 Å². The van der Waals surface area contributed by atoms with Crippen LogP contribution >= 0.6 is 23.2 Å². The number of hydrogen-bond donors (Lipinski definition) is 0. The summed E-state index contributed by atoms with van der Waals surface area (Å²) in [5.41, 5.74) is -0.133. The monoisotopic (exact) mass is 442 g/mol. The first-order valence-electron chi connectivity index (χ1n) is 9.73. The summed E-state index contributed by atoms with van der Waals surface area (Å²) in [6.07, 6.45) is 1.16. The van der Waals surface area contributed by atoms with Gasteiger partial charge in [-0.25, -0.2) is 0 Å². The molecule has 2 amide bonds. The third kappa shape index (κ3) is 5.64. The summed E-state index contributed by atoms with van der Waals surface area (Å²) in [6.45, 7) is 6.68. The van der Waals surface area contributed by atoms with Crippen molar-refractivity contribution in [1.29, 1.82) is 0 Å². The number of rotatable bonds is 6.